The number of carbonyl (C=O) groups is 2. The maximum atomic E-state index is 13.7. The van der Waals surface area contributed by atoms with Crippen LogP contribution in [0.1, 0.15) is 31.0 Å². The van der Waals surface area contributed by atoms with Gasteiger partial charge < -0.3 is 20.1 Å². The van der Waals surface area contributed by atoms with Crippen molar-refractivity contribution in [2.24, 2.45) is 5.92 Å². The van der Waals surface area contributed by atoms with Gasteiger partial charge in [0.15, 0.2) is 0 Å². The molecule has 0 bridgehead atoms. The third kappa shape index (κ3) is 4.56. The lowest BCUT2D eigenvalue weighted by Crippen LogP contribution is -2.47. The van der Waals surface area contributed by atoms with Crippen molar-refractivity contribution in [3.63, 3.8) is 0 Å². The Bertz CT molecular complexity index is 938. The number of rotatable bonds is 6. The van der Waals surface area contributed by atoms with Crippen molar-refractivity contribution in [3.05, 3.63) is 76.7 Å². The highest BCUT2D eigenvalue weighted by atomic mass is 19.1. The first-order chi connectivity index (χ1) is 13.9. The predicted molar refractivity (Wildman–Crippen MR) is 105 cm³/mol. The number of carbonyl (C=O) groups excluding carboxylic acids is 2. The SMILES string of the molecule is COC(=O)C1=C(C(C)C)NC(=O)NC1c1ccc(OCc2ccccc2F)cc1. The number of esters is 1. The van der Waals surface area contributed by atoms with E-state index in [9.17, 15) is 14.0 Å². The normalized spacial score (nSPS) is 16.3. The van der Waals surface area contributed by atoms with E-state index in [1.807, 2.05) is 13.8 Å². The Morgan fingerprint density at radius 1 is 1.14 bits per heavy atom. The number of allylic oxidation sites excluding steroid dienone is 1. The number of halogens is 1. The number of hydrogen-bond acceptors (Lipinski definition) is 4. The van der Waals surface area contributed by atoms with Crippen molar-refractivity contribution in [2.75, 3.05) is 7.11 Å². The summed E-state index contributed by atoms with van der Waals surface area (Å²) in [4.78, 5) is 24.5. The van der Waals surface area contributed by atoms with Gasteiger partial charge in [0, 0.05) is 11.3 Å². The van der Waals surface area contributed by atoms with E-state index in [2.05, 4.69) is 10.6 Å². The Morgan fingerprint density at radius 3 is 2.45 bits per heavy atom. The molecule has 0 saturated heterocycles. The first kappa shape index (κ1) is 20.4. The second kappa shape index (κ2) is 8.77. The fraction of sp³-hybridized carbons (Fsp3) is 0.273. The summed E-state index contributed by atoms with van der Waals surface area (Å²) in [6, 6.07) is 12.3. The second-order valence-electron chi connectivity index (χ2n) is 6.95. The molecule has 29 heavy (non-hydrogen) atoms. The first-order valence-corrected chi connectivity index (χ1v) is 9.26. The van der Waals surface area contributed by atoms with Crippen molar-refractivity contribution in [1.29, 1.82) is 0 Å². The summed E-state index contributed by atoms with van der Waals surface area (Å²) >= 11 is 0. The summed E-state index contributed by atoms with van der Waals surface area (Å²) < 4.78 is 24.3. The summed E-state index contributed by atoms with van der Waals surface area (Å²) in [5.41, 5.74) is 2.06. The summed E-state index contributed by atoms with van der Waals surface area (Å²) in [5.74, 6) is -0.354. The van der Waals surface area contributed by atoms with Gasteiger partial charge in [-0.2, -0.15) is 0 Å². The highest BCUT2D eigenvalue weighted by molar-refractivity contribution is 5.95. The molecule has 0 aromatic heterocycles. The molecule has 0 radical (unpaired) electrons. The van der Waals surface area contributed by atoms with E-state index in [1.165, 1.54) is 13.2 Å². The zero-order valence-electron chi connectivity index (χ0n) is 16.5. The van der Waals surface area contributed by atoms with Crippen molar-refractivity contribution in [3.8, 4) is 5.75 Å². The van der Waals surface area contributed by atoms with E-state index in [-0.39, 0.29) is 24.4 Å². The number of hydrogen-bond donors (Lipinski definition) is 2. The van der Waals surface area contributed by atoms with Crippen LogP contribution in [0.4, 0.5) is 9.18 Å². The minimum Gasteiger partial charge on any atom is -0.489 e. The number of benzene rings is 2. The third-order valence-electron chi connectivity index (χ3n) is 4.65. The average molecular weight is 398 g/mol. The van der Waals surface area contributed by atoms with Crippen molar-refractivity contribution >= 4 is 12.0 Å². The van der Waals surface area contributed by atoms with Crippen LogP contribution in [0, 0.1) is 11.7 Å². The molecule has 6 nitrogen and oxygen atoms in total. The van der Waals surface area contributed by atoms with Crippen LogP contribution >= 0.6 is 0 Å². The fourth-order valence-electron chi connectivity index (χ4n) is 3.16. The van der Waals surface area contributed by atoms with E-state index < -0.39 is 12.0 Å². The topological polar surface area (TPSA) is 76.7 Å². The highest BCUT2D eigenvalue weighted by Gasteiger charge is 2.34. The van der Waals surface area contributed by atoms with Gasteiger partial charge in [0.25, 0.3) is 0 Å². The molecular weight excluding hydrogens is 375 g/mol. The van der Waals surface area contributed by atoms with Gasteiger partial charge in [-0.15, -0.1) is 0 Å². The standard InChI is InChI=1S/C22H23FN2O4/c1-13(2)19-18(21(26)28-3)20(25-22(27)24-19)14-8-10-16(11-9-14)29-12-15-6-4-5-7-17(15)23/h4-11,13,20H,12H2,1-3H3,(H2,24,25,27). The smallest absolute Gasteiger partial charge is 0.337 e. The molecule has 2 aromatic carbocycles. The van der Waals surface area contributed by atoms with Gasteiger partial charge >= 0.3 is 12.0 Å². The lowest BCUT2D eigenvalue weighted by atomic mass is 9.91. The van der Waals surface area contributed by atoms with Crippen molar-refractivity contribution in [1.82, 2.24) is 10.6 Å². The molecule has 7 heteroatoms. The number of methoxy groups -OCH3 is 1. The van der Waals surface area contributed by atoms with Crippen LogP contribution < -0.4 is 15.4 Å². The van der Waals surface area contributed by atoms with Crippen LogP contribution in [0.2, 0.25) is 0 Å². The Labute approximate surface area is 168 Å². The zero-order valence-corrected chi connectivity index (χ0v) is 16.5. The maximum Gasteiger partial charge on any atom is 0.337 e. The summed E-state index contributed by atoms with van der Waals surface area (Å²) in [6.07, 6.45) is 0. The number of urea groups is 1. The Hall–Kier alpha value is -3.35. The molecule has 0 aliphatic carbocycles. The largest absolute Gasteiger partial charge is 0.489 e. The molecule has 0 fully saturated rings. The van der Waals surface area contributed by atoms with Gasteiger partial charge in [0.05, 0.1) is 18.7 Å². The molecule has 0 spiro atoms. The molecular formula is C22H23FN2O4. The van der Waals surface area contributed by atoms with Gasteiger partial charge in [-0.05, 0) is 29.7 Å². The molecule has 0 saturated carbocycles. The minimum atomic E-state index is -0.644. The van der Waals surface area contributed by atoms with E-state index in [0.29, 0.717) is 28.1 Å². The molecule has 2 aromatic rings. The molecule has 1 unspecified atom stereocenters. The van der Waals surface area contributed by atoms with Gasteiger partial charge in [-0.3, -0.25) is 0 Å². The maximum absolute atomic E-state index is 13.7. The van der Waals surface area contributed by atoms with E-state index in [1.54, 1.807) is 42.5 Å². The van der Waals surface area contributed by atoms with Crippen LogP contribution in [-0.4, -0.2) is 19.1 Å². The van der Waals surface area contributed by atoms with Gasteiger partial charge in [-0.1, -0.05) is 44.2 Å². The lowest BCUT2D eigenvalue weighted by molar-refractivity contribution is -0.136. The fourth-order valence-corrected chi connectivity index (χ4v) is 3.16. The van der Waals surface area contributed by atoms with E-state index in [4.69, 9.17) is 9.47 Å². The number of ether oxygens (including phenoxy) is 2. The summed E-state index contributed by atoms with van der Waals surface area (Å²) in [6.45, 7) is 3.88. The Kier molecular flexibility index (Phi) is 6.16. The quantitative estimate of drug-likeness (QED) is 0.725. The number of nitrogens with one attached hydrogen (secondary N) is 2. The monoisotopic (exact) mass is 398 g/mol. The van der Waals surface area contributed by atoms with Crippen LogP contribution in [0.3, 0.4) is 0 Å². The van der Waals surface area contributed by atoms with Crippen LogP contribution in [0.25, 0.3) is 0 Å². The van der Waals surface area contributed by atoms with Crippen molar-refractivity contribution < 1.29 is 23.5 Å². The molecule has 2 N–H and O–H groups in total. The number of amides is 2. The molecule has 152 valence electrons. The van der Waals surface area contributed by atoms with Gasteiger partial charge in [0.1, 0.15) is 18.2 Å². The molecule has 2 amide bonds. The molecule has 3 rings (SSSR count). The summed E-state index contributed by atoms with van der Waals surface area (Å²) in [5, 5.41) is 5.47. The second-order valence-corrected chi connectivity index (χ2v) is 6.95. The van der Waals surface area contributed by atoms with Crippen molar-refractivity contribution in [2.45, 2.75) is 26.5 Å². The molecule has 1 aliphatic rings. The van der Waals surface area contributed by atoms with Crippen LogP contribution in [-0.2, 0) is 16.1 Å². The Morgan fingerprint density at radius 2 is 1.83 bits per heavy atom. The first-order valence-electron chi connectivity index (χ1n) is 9.26. The third-order valence-corrected chi connectivity index (χ3v) is 4.65. The van der Waals surface area contributed by atoms with Crippen LogP contribution in [0.5, 0.6) is 5.75 Å². The van der Waals surface area contributed by atoms with Gasteiger partial charge in [0.2, 0.25) is 0 Å². The summed E-state index contributed by atoms with van der Waals surface area (Å²) in [7, 11) is 1.31. The Balaban J connectivity index is 1.83. The lowest BCUT2D eigenvalue weighted by Gasteiger charge is -2.30. The zero-order chi connectivity index (χ0) is 21.0. The molecule has 1 atom stereocenters. The highest BCUT2D eigenvalue weighted by Crippen LogP contribution is 2.31. The molecule has 1 heterocycles. The average Bonchev–Trinajstić information content (AvgIpc) is 2.72. The minimum absolute atomic E-state index is 0.0685. The van der Waals surface area contributed by atoms with E-state index in [0.717, 1.165) is 0 Å². The van der Waals surface area contributed by atoms with Gasteiger partial charge in [-0.25, -0.2) is 14.0 Å². The van der Waals surface area contributed by atoms with E-state index >= 15 is 0 Å². The molecule has 1 aliphatic heterocycles. The van der Waals surface area contributed by atoms with Crippen LogP contribution in [0.15, 0.2) is 59.8 Å². The predicted octanol–water partition coefficient (Wildman–Crippen LogP) is 3.84.